The summed E-state index contributed by atoms with van der Waals surface area (Å²) in [6.07, 6.45) is 3.41. The predicted molar refractivity (Wildman–Crippen MR) is 60.0 cm³/mol. The highest BCUT2D eigenvalue weighted by Crippen LogP contribution is 2.31. The monoisotopic (exact) mass is 241 g/mol. The molecule has 1 aliphatic heterocycles. The second-order valence-corrected chi connectivity index (χ2v) is 4.25. The number of nitrogens with zero attached hydrogens (tertiary/aromatic N) is 3. The number of aromatic nitrogens is 2. The minimum Gasteiger partial charge on any atom is -0.477 e. The van der Waals surface area contributed by atoms with Crippen molar-refractivity contribution in [2.45, 2.75) is 6.54 Å². The van der Waals surface area contributed by atoms with Gasteiger partial charge < -0.3 is 10.2 Å². The summed E-state index contributed by atoms with van der Waals surface area (Å²) in [7, 11) is 0. The fourth-order valence-corrected chi connectivity index (χ4v) is 2.14. The van der Waals surface area contributed by atoms with Crippen molar-refractivity contribution in [3.05, 3.63) is 23.2 Å². The predicted octanol–water partition coefficient (Wildman–Crippen LogP) is 0.312. The Balaban J connectivity index is 2.02. The highest BCUT2D eigenvalue weighted by Gasteiger charge is 2.22. The van der Waals surface area contributed by atoms with Crippen molar-refractivity contribution in [1.82, 2.24) is 9.78 Å². The average Bonchev–Trinajstić information content (AvgIpc) is 2.84. The van der Waals surface area contributed by atoms with Crippen LogP contribution in [-0.2, 0) is 11.3 Å². The molecule has 0 saturated carbocycles. The topological polar surface area (TPSA) is 78.6 Å². The number of carboxylic acid groups (broad SMARTS) is 1. The molecular formula is C9H11N3O3S. The van der Waals surface area contributed by atoms with Gasteiger partial charge in [0.05, 0.1) is 19.7 Å². The first-order valence-electron chi connectivity index (χ1n) is 4.74. The lowest BCUT2D eigenvalue weighted by atomic mass is 10.5. The van der Waals surface area contributed by atoms with E-state index in [0.29, 0.717) is 23.8 Å². The van der Waals surface area contributed by atoms with Gasteiger partial charge in [0.15, 0.2) is 5.82 Å². The Morgan fingerprint density at radius 1 is 1.62 bits per heavy atom. The molecule has 0 aliphatic carbocycles. The molecule has 86 valence electrons. The molecule has 0 bridgehead atoms. The maximum atomic E-state index is 10.7. The van der Waals surface area contributed by atoms with E-state index in [1.165, 1.54) is 0 Å². The summed E-state index contributed by atoms with van der Waals surface area (Å²) in [4.78, 5) is 11.0. The zero-order chi connectivity index (χ0) is 11.5. The van der Waals surface area contributed by atoms with Gasteiger partial charge in [-0.2, -0.15) is 5.10 Å². The van der Waals surface area contributed by atoms with Gasteiger partial charge >= 0.3 is 5.97 Å². The molecule has 6 nitrogen and oxygen atoms in total. The maximum Gasteiger partial charge on any atom is 0.343 e. The summed E-state index contributed by atoms with van der Waals surface area (Å²) in [6.45, 7) is 1.01. The number of carbonyl (C=O) groups is 1. The van der Waals surface area contributed by atoms with Crippen LogP contribution in [0.25, 0.3) is 0 Å². The minimum atomic E-state index is -0.915. The van der Waals surface area contributed by atoms with E-state index >= 15 is 0 Å². The highest BCUT2D eigenvalue weighted by atomic mass is 32.2. The van der Waals surface area contributed by atoms with Crippen molar-refractivity contribution < 1.29 is 15.0 Å². The van der Waals surface area contributed by atoms with Crippen LogP contribution in [0.4, 0.5) is 5.82 Å². The van der Waals surface area contributed by atoms with Crippen LogP contribution in [0.1, 0.15) is 0 Å². The van der Waals surface area contributed by atoms with Crippen LogP contribution >= 0.6 is 11.9 Å². The Morgan fingerprint density at radius 2 is 2.44 bits per heavy atom. The molecule has 0 unspecified atom stereocenters. The smallest absolute Gasteiger partial charge is 0.343 e. The number of carboxylic acids is 1. The molecule has 0 spiro atoms. The van der Waals surface area contributed by atoms with Crippen LogP contribution in [0.15, 0.2) is 23.2 Å². The molecule has 0 saturated heterocycles. The fourth-order valence-electron chi connectivity index (χ4n) is 1.34. The summed E-state index contributed by atoms with van der Waals surface area (Å²) >= 11 is 1.16. The summed E-state index contributed by atoms with van der Waals surface area (Å²) < 4.78 is 3.41. The molecule has 0 atom stereocenters. The highest BCUT2D eigenvalue weighted by molar-refractivity contribution is 8.05. The molecule has 7 heteroatoms. The normalized spacial score (nSPS) is 15.3. The van der Waals surface area contributed by atoms with E-state index in [2.05, 4.69) is 5.10 Å². The summed E-state index contributed by atoms with van der Waals surface area (Å²) in [5.41, 5.74) is 0. The minimum absolute atomic E-state index is 0.0346. The molecule has 1 aromatic rings. The van der Waals surface area contributed by atoms with Crippen molar-refractivity contribution in [2.24, 2.45) is 0 Å². The third-order valence-electron chi connectivity index (χ3n) is 2.07. The van der Waals surface area contributed by atoms with Gasteiger partial charge in [-0.05, 0) is 18.0 Å². The number of anilines is 1. The maximum absolute atomic E-state index is 10.7. The first kappa shape index (κ1) is 11.0. The molecule has 1 aromatic heterocycles. The number of rotatable bonds is 4. The number of aliphatic carboxylic acids is 1. The first-order valence-corrected chi connectivity index (χ1v) is 5.51. The van der Waals surface area contributed by atoms with E-state index in [0.717, 1.165) is 11.9 Å². The van der Waals surface area contributed by atoms with Gasteiger partial charge in [-0.25, -0.2) is 4.79 Å². The van der Waals surface area contributed by atoms with E-state index in [4.69, 9.17) is 10.2 Å². The molecule has 2 N–H and O–H groups in total. The zero-order valence-electron chi connectivity index (χ0n) is 8.41. The van der Waals surface area contributed by atoms with E-state index in [-0.39, 0.29) is 6.61 Å². The lowest BCUT2D eigenvalue weighted by Crippen LogP contribution is -2.12. The number of hydrogen-bond acceptors (Lipinski definition) is 5. The second-order valence-electron chi connectivity index (χ2n) is 3.19. The van der Waals surface area contributed by atoms with Crippen LogP contribution in [0.3, 0.4) is 0 Å². The third kappa shape index (κ3) is 2.20. The van der Waals surface area contributed by atoms with Crippen molar-refractivity contribution in [3.63, 3.8) is 0 Å². The standard InChI is InChI=1S/C9H11N3O3S/c13-6-5-11-3-2-8(10-11)12-4-1-7(16-12)9(14)15/h1-3,13H,4-6H2,(H,14,15). The second kappa shape index (κ2) is 4.58. The van der Waals surface area contributed by atoms with Gasteiger partial charge in [0.25, 0.3) is 0 Å². The Bertz CT molecular complexity index is 429. The first-order chi connectivity index (χ1) is 7.70. The van der Waals surface area contributed by atoms with Crippen LogP contribution in [-0.4, -0.2) is 39.1 Å². The van der Waals surface area contributed by atoms with Crippen molar-refractivity contribution in [1.29, 1.82) is 0 Å². The lowest BCUT2D eigenvalue weighted by molar-refractivity contribution is -0.131. The van der Waals surface area contributed by atoms with Crippen LogP contribution in [0, 0.1) is 0 Å². The molecule has 0 fully saturated rings. The third-order valence-corrected chi connectivity index (χ3v) is 3.17. The van der Waals surface area contributed by atoms with E-state index in [1.807, 2.05) is 0 Å². The van der Waals surface area contributed by atoms with E-state index < -0.39 is 5.97 Å². The molecule has 0 aromatic carbocycles. The average molecular weight is 241 g/mol. The molecule has 2 rings (SSSR count). The van der Waals surface area contributed by atoms with E-state index in [9.17, 15) is 4.79 Å². The largest absolute Gasteiger partial charge is 0.477 e. The molecule has 1 aliphatic rings. The molecular weight excluding hydrogens is 230 g/mol. The van der Waals surface area contributed by atoms with Crippen LogP contribution in [0.2, 0.25) is 0 Å². The van der Waals surface area contributed by atoms with Gasteiger partial charge in [0.2, 0.25) is 0 Å². The number of aliphatic hydroxyl groups is 1. The van der Waals surface area contributed by atoms with Gasteiger partial charge in [-0.1, -0.05) is 0 Å². The van der Waals surface area contributed by atoms with Crippen molar-refractivity contribution >= 4 is 23.7 Å². The molecule has 0 amide bonds. The van der Waals surface area contributed by atoms with Crippen molar-refractivity contribution in [3.8, 4) is 0 Å². The SMILES string of the molecule is O=C(O)C1=CCN(c2ccn(CCO)n2)S1. The van der Waals surface area contributed by atoms with Crippen molar-refractivity contribution in [2.75, 3.05) is 17.5 Å². The quantitative estimate of drug-likeness (QED) is 0.739. The molecule has 0 radical (unpaired) electrons. The van der Waals surface area contributed by atoms with E-state index in [1.54, 1.807) is 27.3 Å². The number of hydrogen-bond donors (Lipinski definition) is 2. The Labute approximate surface area is 96.3 Å². The summed E-state index contributed by atoms with van der Waals surface area (Å²) in [5.74, 6) is -0.215. The van der Waals surface area contributed by atoms with Crippen LogP contribution in [0.5, 0.6) is 0 Å². The molecule has 16 heavy (non-hydrogen) atoms. The van der Waals surface area contributed by atoms with Gasteiger partial charge in [0.1, 0.15) is 4.91 Å². The lowest BCUT2D eigenvalue weighted by Gasteiger charge is -2.12. The zero-order valence-corrected chi connectivity index (χ0v) is 9.22. The van der Waals surface area contributed by atoms with Crippen LogP contribution < -0.4 is 4.31 Å². The summed E-state index contributed by atoms with van der Waals surface area (Å²) in [5, 5.41) is 21.7. The van der Waals surface area contributed by atoms with Gasteiger partial charge in [-0.3, -0.25) is 8.99 Å². The van der Waals surface area contributed by atoms with Gasteiger partial charge in [-0.15, -0.1) is 0 Å². The summed E-state index contributed by atoms with van der Waals surface area (Å²) in [6, 6.07) is 1.79. The Kier molecular flexibility index (Phi) is 3.16. The van der Waals surface area contributed by atoms with Gasteiger partial charge in [0, 0.05) is 12.3 Å². The Morgan fingerprint density at radius 3 is 3.06 bits per heavy atom. The Hall–Kier alpha value is -1.47. The molecule has 2 heterocycles. The fraction of sp³-hybridized carbons (Fsp3) is 0.333. The number of aliphatic hydroxyl groups excluding tert-OH is 1.